The second-order valence-corrected chi connectivity index (χ2v) is 4.47. The summed E-state index contributed by atoms with van der Waals surface area (Å²) in [6.07, 6.45) is -2.08. The Labute approximate surface area is 104 Å². The van der Waals surface area contributed by atoms with Crippen molar-refractivity contribution < 1.29 is 23.0 Å². The molecule has 0 saturated heterocycles. The van der Waals surface area contributed by atoms with Crippen LogP contribution in [0.3, 0.4) is 0 Å². The first kappa shape index (κ1) is 12.8. The van der Waals surface area contributed by atoms with Crippen molar-refractivity contribution in [3.63, 3.8) is 0 Å². The molecule has 0 spiro atoms. The first-order valence-corrected chi connectivity index (χ1v) is 5.34. The van der Waals surface area contributed by atoms with Crippen LogP contribution in [-0.2, 0) is 10.2 Å². The monoisotopic (exact) mass is 256 g/mol. The number of ketones is 1. The van der Waals surface area contributed by atoms with Gasteiger partial charge in [0.25, 0.3) is 0 Å². The number of alkyl halides is 2. The van der Waals surface area contributed by atoms with Crippen molar-refractivity contribution in [1.82, 2.24) is 0 Å². The molecule has 5 heteroatoms. The van der Waals surface area contributed by atoms with Gasteiger partial charge in [-0.25, -0.2) is 0 Å². The molecule has 1 saturated carbocycles. The summed E-state index contributed by atoms with van der Waals surface area (Å²) in [6, 6.07) is 4.55. The zero-order chi connectivity index (χ0) is 12.3. The van der Waals surface area contributed by atoms with Gasteiger partial charge >= 0.3 is 6.29 Å². The summed E-state index contributed by atoms with van der Waals surface area (Å²) >= 11 is 0. The second kappa shape index (κ2) is 3.67. The first-order valence-electron chi connectivity index (χ1n) is 5.34. The summed E-state index contributed by atoms with van der Waals surface area (Å²) in [4.78, 5) is 11.5. The molecule has 1 heterocycles. The van der Waals surface area contributed by atoms with Crippen LogP contribution in [0.4, 0.5) is 8.78 Å². The van der Waals surface area contributed by atoms with Crippen LogP contribution in [0.2, 0.25) is 0 Å². The third-order valence-corrected chi connectivity index (χ3v) is 3.38. The summed E-state index contributed by atoms with van der Waals surface area (Å²) < 4.78 is 34.3. The Morgan fingerprint density at radius 1 is 1.22 bits per heavy atom. The molecule has 3 rings (SSSR count). The predicted octanol–water partition coefficient (Wildman–Crippen LogP) is 3.26. The smallest absolute Gasteiger partial charge is 0.395 e. The van der Waals surface area contributed by atoms with Gasteiger partial charge in [-0.05, 0) is 37.5 Å². The fraction of sp³-hybridized carbons (Fsp3) is 0.462. The zero-order valence-corrected chi connectivity index (χ0v) is 9.13. The van der Waals surface area contributed by atoms with Gasteiger partial charge in [0.05, 0.1) is 5.41 Å². The number of benzene rings is 1. The Hall–Kier alpha value is -1.65. The maximum absolute atomic E-state index is 12.8. The lowest BCUT2D eigenvalue weighted by atomic mass is 9.92. The van der Waals surface area contributed by atoms with E-state index < -0.39 is 11.7 Å². The molecule has 2 aliphatic rings. The molecule has 1 aliphatic carbocycles. The maximum atomic E-state index is 12.8. The minimum atomic E-state index is -3.60. The quantitative estimate of drug-likeness (QED) is 0.814. The number of hydrogen-bond acceptors (Lipinski definition) is 3. The fourth-order valence-corrected chi connectivity index (χ4v) is 2.22. The molecule has 1 aromatic carbocycles. The molecule has 1 fully saturated rings. The Morgan fingerprint density at radius 3 is 2.39 bits per heavy atom. The Bertz CT molecular complexity index is 507. The van der Waals surface area contributed by atoms with Gasteiger partial charge in [-0.3, -0.25) is 4.79 Å². The van der Waals surface area contributed by atoms with Crippen LogP contribution in [0, 0.1) is 0 Å². The number of hydrogen-bond donors (Lipinski definition) is 0. The van der Waals surface area contributed by atoms with Gasteiger partial charge in [0.15, 0.2) is 11.5 Å². The van der Waals surface area contributed by atoms with E-state index in [-0.39, 0.29) is 24.7 Å². The Morgan fingerprint density at radius 2 is 1.83 bits per heavy atom. The van der Waals surface area contributed by atoms with Crippen molar-refractivity contribution in [2.24, 2.45) is 0 Å². The van der Waals surface area contributed by atoms with Crippen LogP contribution < -0.4 is 9.47 Å². The van der Waals surface area contributed by atoms with E-state index in [4.69, 9.17) is 0 Å². The second-order valence-electron chi connectivity index (χ2n) is 4.47. The molecular formula is C13H14F2O3. The molecular weight excluding hydrogens is 242 g/mol. The summed E-state index contributed by atoms with van der Waals surface area (Å²) in [7, 11) is 0. The van der Waals surface area contributed by atoms with E-state index in [1.54, 1.807) is 6.07 Å². The minimum Gasteiger partial charge on any atom is -0.395 e. The summed E-state index contributed by atoms with van der Waals surface area (Å²) in [6.45, 7) is 1.52. The fourth-order valence-electron chi connectivity index (χ4n) is 2.22. The Balaban J connectivity index is 0.00000120. The third-order valence-electron chi connectivity index (χ3n) is 3.38. The van der Waals surface area contributed by atoms with E-state index in [0.717, 1.165) is 18.4 Å². The van der Waals surface area contributed by atoms with Crippen LogP contribution in [0.15, 0.2) is 18.2 Å². The van der Waals surface area contributed by atoms with Gasteiger partial charge in [0.2, 0.25) is 0 Å². The number of carbonyl (C=O) groups is 1. The number of carbonyl (C=O) groups excluding carboxylic acids is 1. The van der Waals surface area contributed by atoms with Gasteiger partial charge in [-0.2, -0.15) is 0 Å². The molecule has 1 aliphatic heterocycles. The van der Waals surface area contributed by atoms with E-state index in [1.165, 1.54) is 19.1 Å². The SMILES string of the molecule is C.CC(=O)C1(c2ccc3c(c2)OC(F)(F)O3)CC1. The first-order chi connectivity index (χ1) is 7.93. The molecule has 18 heavy (non-hydrogen) atoms. The highest BCUT2D eigenvalue weighted by molar-refractivity contribution is 5.91. The van der Waals surface area contributed by atoms with Crippen molar-refractivity contribution in [1.29, 1.82) is 0 Å². The average molecular weight is 256 g/mol. The summed E-state index contributed by atoms with van der Waals surface area (Å²) in [5.41, 5.74) is 0.237. The van der Waals surface area contributed by atoms with Gasteiger partial charge < -0.3 is 9.47 Å². The van der Waals surface area contributed by atoms with Gasteiger partial charge in [-0.1, -0.05) is 13.5 Å². The standard InChI is InChI=1S/C12H10F2O3.CH4/c1-7(15)11(4-5-11)8-2-3-9-10(6-8)17-12(13,14)16-9;/h2-3,6H,4-5H2,1H3;1H4. The van der Waals surface area contributed by atoms with E-state index in [1.807, 2.05) is 0 Å². The normalized spacial score (nSPS) is 21.1. The number of halogens is 2. The summed E-state index contributed by atoms with van der Waals surface area (Å²) in [5, 5.41) is 0. The van der Waals surface area contributed by atoms with Crippen molar-refractivity contribution in [3.05, 3.63) is 23.8 Å². The minimum absolute atomic E-state index is 0. The summed E-state index contributed by atoms with van der Waals surface area (Å²) in [5.74, 6) is 0.0706. The van der Waals surface area contributed by atoms with Crippen molar-refractivity contribution in [2.75, 3.05) is 0 Å². The van der Waals surface area contributed by atoms with E-state index in [2.05, 4.69) is 9.47 Å². The van der Waals surface area contributed by atoms with Crippen molar-refractivity contribution >= 4 is 5.78 Å². The lowest BCUT2D eigenvalue weighted by Crippen LogP contribution is -2.26. The molecule has 0 atom stereocenters. The number of ether oxygens (including phenoxy) is 2. The molecule has 0 bridgehead atoms. The highest BCUT2D eigenvalue weighted by Crippen LogP contribution is 2.52. The molecule has 0 radical (unpaired) electrons. The van der Waals surface area contributed by atoms with Crippen molar-refractivity contribution in [3.8, 4) is 11.5 Å². The predicted molar refractivity (Wildman–Crippen MR) is 61.0 cm³/mol. The van der Waals surface area contributed by atoms with Gasteiger partial charge in [0, 0.05) is 0 Å². The van der Waals surface area contributed by atoms with E-state index in [9.17, 15) is 13.6 Å². The maximum Gasteiger partial charge on any atom is 0.586 e. The lowest BCUT2D eigenvalue weighted by molar-refractivity contribution is -0.286. The van der Waals surface area contributed by atoms with Crippen molar-refractivity contribution in [2.45, 2.75) is 38.9 Å². The largest absolute Gasteiger partial charge is 0.586 e. The van der Waals surface area contributed by atoms with Crippen LogP contribution in [0.1, 0.15) is 32.8 Å². The van der Waals surface area contributed by atoms with Crippen LogP contribution >= 0.6 is 0 Å². The molecule has 0 N–H and O–H groups in total. The number of fused-ring (bicyclic) bond motifs is 1. The molecule has 3 nitrogen and oxygen atoms in total. The zero-order valence-electron chi connectivity index (χ0n) is 9.13. The number of rotatable bonds is 2. The molecule has 98 valence electrons. The highest BCUT2D eigenvalue weighted by atomic mass is 19.3. The van der Waals surface area contributed by atoms with Gasteiger partial charge in [0.1, 0.15) is 5.78 Å². The molecule has 0 amide bonds. The third kappa shape index (κ3) is 1.74. The molecule has 1 aromatic rings. The Kier molecular flexibility index (Phi) is 2.61. The van der Waals surface area contributed by atoms with E-state index in [0.29, 0.717) is 0 Å². The van der Waals surface area contributed by atoms with Gasteiger partial charge in [-0.15, -0.1) is 8.78 Å². The van der Waals surface area contributed by atoms with Crippen LogP contribution in [0.25, 0.3) is 0 Å². The molecule has 0 unspecified atom stereocenters. The lowest BCUT2D eigenvalue weighted by Gasteiger charge is -2.11. The molecule has 0 aromatic heterocycles. The van der Waals surface area contributed by atoms with Crippen LogP contribution in [-0.4, -0.2) is 12.1 Å². The number of Topliss-reactive ketones (excluding diaryl/α,β-unsaturated/α-hetero) is 1. The van der Waals surface area contributed by atoms with Crippen LogP contribution in [0.5, 0.6) is 11.5 Å². The average Bonchev–Trinajstić information content (AvgIpc) is 2.95. The topological polar surface area (TPSA) is 35.5 Å². The van der Waals surface area contributed by atoms with E-state index >= 15 is 0 Å². The highest BCUT2D eigenvalue weighted by Gasteiger charge is 2.50.